The van der Waals surface area contributed by atoms with E-state index in [9.17, 15) is 0 Å². The first kappa shape index (κ1) is 15.0. The number of unbranched alkanes of at least 4 members (excludes halogenated alkanes) is 1. The van der Waals surface area contributed by atoms with Gasteiger partial charge >= 0.3 is 0 Å². The molecule has 0 aliphatic carbocycles. The molecule has 2 rings (SSSR count). The number of rotatable bonds is 8. The monoisotopic (exact) mass is 290 g/mol. The number of thiazole rings is 1. The van der Waals surface area contributed by atoms with Gasteiger partial charge in [0.05, 0.1) is 0 Å². The molecular weight excluding hydrogens is 268 g/mol. The molecule has 1 aromatic heterocycles. The van der Waals surface area contributed by atoms with Crippen molar-refractivity contribution in [2.24, 2.45) is 0 Å². The maximum atomic E-state index is 5.70. The highest BCUT2D eigenvalue weighted by Crippen LogP contribution is 2.25. The molecule has 4 heteroatoms. The van der Waals surface area contributed by atoms with Crippen molar-refractivity contribution in [3.05, 3.63) is 35.3 Å². The second-order valence-corrected chi connectivity index (χ2v) is 5.63. The number of nitrogens with zero attached hydrogens (tertiary/aromatic N) is 1. The highest BCUT2D eigenvalue weighted by atomic mass is 32.1. The van der Waals surface area contributed by atoms with Crippen LogP contribution in [0.4, 0.5) is 0 Å². The molecule has 20 heavy (non-hydrogen) atoms. The zero-order valence-electron chi connectivity index (χ0n) is 12.2. The molecule has 108 valence electrons. The van der Waals surface area contributed by atoms with Crippen molar-refractivity contribution in [1.29, 1.82) is 0 Å². The van der Waals surface area contributed by atoms with Gasteiger partial charge in [0, 0.05) is 23.2 Å². The predicted molar refractivity (Wildman–Crippen MR) is 85.6 cm³/mol. The summed E-state index contributed by atoms with van der Waals surface area (Å²) in [6.07, 6.45) is 2.45. The maximum absolute atomic E-state index is 5.70. The molecule has 0 atom stereocenters. The van der Waals surface area contributed by atoms with E-state index in [0.717, 1.165) is 35.1 Å². The Morgan fingerprint density at radius 1 is 1.20 bits per heavy atom. The van der Waals surface area contributed by atoms with E-state index in [4.69, 9.17) is 4.74 Å². The normalized spacial score (nSPS) is 10.7. The molecule has 1 aromatic carbocycles. The van der Waals surface area contributed by atoms with Crippen LogP contribution in [0.3, 0.4) is 0 Å². The smallest absolute Gasteiger partial charge is 0.123 e. The fourth-order valence-electron chi connectivity index (χ4n) is 1.85. The number of hydrogen-bond acceptors (Lipinski definition) is 4. The van der Waals surface area contributed by atoms with Gasteiger partial charge in [0.25, 0.3) is 0 Å². The van der Waals surface area contributed by atoms with Crippen LogP contribution in [0.15, 0.2) is 29.6 Å². The minimum absolute atomic E-state index is 0.708. The van der Waals surface area contributed by atoms with Gasteiger partial charge in [-0.05, 0) is 44.2 Å². The van der Waals surface area contributed by atoms with Crippen molar-refractivity contribution in [2.45, 2.75) is 26.7 Å². The number of aromatic nitrogens is 1. The van der Waals surface area contributed by atoms with E-state index in [1.165, 1.54) is 12.8 Å². The van der Waals surface area contributed by atoms with Crippen LogP contribution in [0.1, 0.15) is 25.5 Å². The van der Waals surface area contributed by atoms with E-state index in [1.54, 1.807) is 11.3 Å². The maximum Gasteiger partial charge on any atom is 0.123 e. The van der Waals surface area contributed by atoms with Crippen LogP contribution in [-0.4, -0.2) is 24.7 Å². The number of hydrogen-bond donors (Lipinski definition) is 1. The van der Waals surface area contributed by atoms with Gasteiger partial charge in [0.1, 0.15) is 17.4 Å². The lowest BCUT2D eigenvalue weighted by Gasteiger charge is -2.07. The summed E-state index contributed by atoms with van der Waals surface area (Å²) < 4.78 is 5.70. The molecule has 1 N–H and O–H groups in total. The van der Waals surface area contributed by atoms with Gasteiger partial charge in [0.15, 0.2) is 0 Å². The van der Waals surface area contributed by atoms with Crippen LogP contribution in [0.25, 0.3) is 10.6 Å². The Morgan fingerprint density at radius 2 is 2.00 bits per heavy atom. The van der Waals surface area contributed by atoms with Crippen LogP contribution in [-0.2, 0) is 0 Å². The predicted octanol–water partition coefficient (Wildman–Crippen LogP) is 3.89. The molecule has 0 radical (unpaired) electrons. The summed E-state index contributed by atoms with van der Waals surface area (Å²) in [5.74, 6) is 0.916. The van der Waals surface area contributed by atoms with Crippen molar-refractivity contribution < 1.29 is 4.74 Å². The van der Waals surface area contributed by atoms with Gasteiger partial charge in [-0.25, -0.2) is 4.98 Å². The minimum Gasteiger partial charge on any atom is -0.492 e. The third-order valence-electron chi connectivity index (χ3n) is 2.97. The van der Waals surface area contributed by atoms with Crippen molar-refractivity contribution in [3.8, 4) is 16.3 Å². The van der Waals surface area contributed by atoms with E-state index in [0.29, 0.717) is 6.61 Å². The van der Waals surface area contributed by atoms with Crippen molar-refractivity contribution in [1.82, 2.24) is 10.3 Å². The molecule has 0 unspecified atom stereocenters. The lowest BCUT2D eigenvalue weighted by molar-refractivity contribution is 0.314. The Morgan fingerprint density at radius 3 is 2.65 bits per heavy atom. The first-order valence-corrected chi connectivity index (χ1v) is 8.03. The van der Waals surface area contributed by atoms with E-state index < -0.39 is 0 Å². The van der Waals surface area contributed by atoms with Gasteiger partial charge < -0.3 is 10.1 Å². The molecule has 1 heterocycles. The van der Waals surface area contributed by atoms with E-state index >= 15 is 0 Å². The summed E-state index contributed by atoms with van der Waals surface area (Å²) in [5, 5.41) is 6.50. The third kappa shape index (κ3) is 4.62. The Bertz CT molecular complexity index is 507. The highest BCUT2D eigenvalue weighted by Gasteiger charge is 2.02. The van der Waals surface area contributed by atoms with Crippen molar-refractivity contribution >= 4 is 11.3 Å². The molecule has 3 nitrogen and oxygen atoms in total. The van der Waals surface area contributed by atoms with Crippen LogP contribution in [0.5, 0.6) is 5.75 Å². The molecule has 0 fully saturated rings. The molecule has 0 saturated heterocycles. The molecule has 0 aliphatic heterocycles. The highest BCUT2D eigenvalue weighted by molar-refractivity contribution is 7.13. The molecule has 2 aromatic rings. The minimum atomic E-state index is 0.708. The second-order valence-electron chi connectivity index (χ2n) is 4.77. The summed E-state index contributed by atoms with van der Waals surface area (Å²) in [6, 6.07) is 8.16. The number of aryl methyl sites for hydroxylation is 1. The SMILES string of the molecule is CCCCNCCOc1ccc(-c2nc(C)cs2)cc1. The summed E-state index contributed by atoms with van der Waals surface area (Å²) >= 11 is 1.68. The van der Waals surface area contributed by atoms with Gasteiger partial charge in [-0.15, -0.1) is 11.3 Å². The molecule has 0 aliphatic rings. The van der Waals surface area contributed by atoms with Gasteiger partial charge in [-0.3, -0.25) is 0 Å². The van der Waals surface area contributed by atoms with E-state index in [-0.39, 0.29) is 0 Å². The summed E-state index contributed by atoms with van der Waals surface area (Å²) in [7, 11) is 0. The standard InChI is InChI=1S/C16H22N2OS/c1-3-4-9-17-10-11-19-15-7-5-14(6-8-15)16-18-13(2)12-20-16/h5-8,12,17H,3-4,9-11H2,1-2H3. The zero-order valence-corrected chi connectivity index (χ0v) is 13.0. The first-order valence-electron chi connectivity index (χ1n) is 7.15. The topological polar surface area (TPSA) is 34.1 Å². The quantitative estimate of drug-likeness (QED) is 0.749. The zero-order chi connectivity index (χ0) is 14.2. The lowest BCUT2D eigenvalue weighted by Crippen LogP contribution is -2.21. The van der Waals surface area contributed by atoms with Crippen LogP contribution in [0.2, 0.25) is 0 Å². The number of ether oxygens (including phenoxy) is 1. The lowest BCUT2D eigenvalue weighted by atomic mass is 10.2. The Labute approximate surface area is 125 Å². The van der Waals surface area contributed by atoms with E-state index in [2.05, 4.69) is 34.7 Å². The number of benzene rings is 1. The average Bonchev–Trinajstić information content (AvgIpc) is 2.90. The van der Waals surface area contributed by atoms with E-state index in [1.807, 2.05) is 19.1 Å². The van der Waals surface area contributed by atoms with Crippen molar-refractivity contribution in [3.63, 3.8) is 0 Å². The molecule has 0 saturated carbocycles. The number of nitrogens with one attached hydrogen (secondary N) is 1. The van der Waals surface area contributed by atoms with Crippen LogP contribution < -0.4 is 10.1 Å². The average molecular weight is 290 g/mol. The summed E-state index contributed by atoms with van der Waals surface area (Å²) in [4.78, 5) is 4.48. The van der Waals surface area contributed by atoms with Gasteiger partial charge in [0.2, 0.25) is 0 Å². The second kappa shape index (κ2) is 8.02. The first-order chi connectivity index (χ1) is 9.79. The Kier molecular flexibility index (Phi) is 6.02. The molecular formula is C16H22N2OS. The summed E-state index contributed by atoms with van der Waals surface area (Å²) in [5.41, 5.74) is 2.22. The Balaban J connectivity index is 1.77. The van der Waals surface area contributed by atoms with Gasteiger partial charge in [-0.2, -0.15) is 0 Å². The molecule has 0 spiro atoms. The van der Waals surface area contributed by atoms with Gasteiger partial charge in [-0.1, -0.05) is 13.3 Å². The van der Waals surface area contributed by atoms with Crippen LogP contribution >= 0.6 is 11.3 Å². The Hall–Kier alpha value is -1.39. The molecule has 0 bridgehead atoms. The fraction of sp³-hybridized carbons (Fsp3) is 0.438. The van der Waals surface area contributed by atoms with Crippen molar-refractivity contribution in [2.75, 3.05) is 19.7 Å². The third-order valence-corrected chi connectivity index (χ3v) is 3.98. The largest absolute Gasteiger partial charge is 0.492 e. The summed E-state index contributed by atoms with van der Waals surface area (Å²) in [6.45, 7) is 6.89. The molecule has 0 amide bonds. The van der Waals surface area contributed by atoms with Crippen LogP contribution in [0, 0.1) is 6.92 Å². The fourth-order valence-corrected chi connectivity index (χ4v) is 2.65.